The monoisotopic (exact) mass is 486 g/mol. The number of likely N-dealkylation sites (tertiary alicyclic amines) is 1. The summed E-state index contributed by atoms with van der Waals surface area (Å²) in [6.07, 6.45) is 7.77. The van der Waals surface area contributed by atoms with Gasteiger partial charge in [-0.25, -0.2) is 0 Å². The van der Waals surface area contributed by atoms with E-state index in [2.05, 4.69) is 22.9 Å². The van der Waals surface area contributed by atoms with Crippen molar-refractivity contribution in [2.24, 2.45) is 0 Å². The Morgan fingerprint density at radius 2 is 2.00 bits per heavy atom. The topological polar surface area (TPSA) is 128 Å². The van der Waals surface area contributed by atoms with Crippen LogP contribution in [-0.4, -0.2) is 66.5 Å². The van der Waals surface area contributed by atoms with Crippen molar-refractivity contribution in [3.63, 3.8) is 0 Å². The number of rotatable bonds is 16. The summed E-state index contributed by atoms with van der Waals surface area (Å²) in [6, 6.07) is 6.96. The summed E-state index contributed by atoms with van der Waals surface area (Å²) in [4.78, 5) is 49.3. The van der Waals surface area contributed by atoms with Crippen LogP contribution in [0.5, 0.6) is 0 Å². The lowest BCUT2D eigenvalue weighted by Gasteiger charge is -2.27. The maximum Gasteiger partial charge on any atom is 0.312 e. The van der Waals surface area contributed by atoms with E-state index in [-0.39, 0.29) is 30.2 Å². The maximum absolute atomic E-state index is 12.7. The molecule has 1 fully saturated rings. The van der Waals surface area contributed by atoms with Crippen molar-refractivity contribution in [1.29, 1.82) is 0 Å². The Bertz CT molecular complexity index is 838. The van der Waals surface area contributed by atoms with Gasteiger partial charge in [0.25, 0.3) is 5.91 Å². The highest BCUT2D eigenvalue weighted by Crippen LogP contribution is 2.21. The van der Waals surface area contributed by atoms with E-state index in [9.17, 15) is 24.2 Å². The molecule has 1 heterocycles. The first-order valence-electron chi connectivity index (χ1n) is 12.7. The number of hydrogen-bond donors (Lipinski definition) is 4. The molecule has 192 valence electrons. The molecule has 0 saturated carbocycles. The fourth-order valence-corrected chi connectivity index (χ4v) is 4.33. The fourth-order valence-electron chi connectivity index (χ4n) is 4.33. The molecule has 2 rings (SSSR count). The number of benzene rings is 1. The predicted octanol–water partition coefficient (Wildman–Crippen LogP) is 1.65. The normalized spacial score (nSPS) is 14.9. The van der Waals surface area contributed by atoms with E-state index in [0.29, 0.717) is 44.3 Å². The Kier molecular flexibility index (Phi) is 12.9. The van der Waals surface area contributed by atoms with Gasteiger partial charge >= 0.3 is 6.92 Å². The van der Waals surface area contributed by atoms with Crippen LogP contribution in [0.1, 0.15) is 74.2 Å². The largest absolute Gasteiger partial charge is 0.449 e. The molecule has 4 N–H and O–H groups in total. The van der Waals surface area contributed by atoms with Gasteiger partial charge in [-0.15, -0.1) is 0 Å². The van der Waals surface area contributed by atoms with Crippen LogP contribution in [0.4, 0.5) is 0 Å². The van der Waals surface area contributed by atoms with Gasteiger partial charge < -0.3 is 25.9 Å². The van der Waals surface area contributed by atoms with Gasteiger partial charge in [-0.2, -0.15) is 0 Å². The van der Waals surface area contributed by atoms with Crippen LogP contribution >= 0.6 is 0 Å². The van der Waals surface area contributed by atoms with Crippen LogP contribution in [0, 0.1) is 0 Å². The molecule has 4 amide bonds. The third kappa shape index (κ3) is 10.1. The van der Waals surface area contributed by atoms with Crippen molar-refractivity contribution in [3.05, 3.63) is 35.4 Å². The summed E-state index contributed by atoms with van der Waals surface area (Å²) < 4.78 is 0. The molecular formula is C25H39BN4O5. The van der Waals surface area contributed by atoms with Crippen LogP contribution in [-0.2, 0) is 20.9 Å². The van der Waals surface area contributed by atoms with E-state index in [1.54, 1.807) is 23.1 Å². The molecule has 1 aliphatic heterocycles. The standard InChI is InChI=1S/C25H39BN4O5/c1-2-3-13-26(35)22-11-8-15-30(22)24(33)18-29-25(34)21-10-7-9-20(16-21)17-28-23(32)12-5-4-6-14-27-19-31/h7,9-10,16,19,22,35H,2-6,8,11-15,17-18H2,1H3,(H,27,31)(H,28,32)(H,29,34). The molecule has 1 aromatic rings. The summed E-state index contributed by atoms with van der Waals surface area (Å²) in [5, 5.41) is 18.6. The van der Waals surface area contributed by atoms with Gasteiger partial charge in [0.2, 0.25) is 18.2 Å². The second kappa shape index (κ2) is 15.9. The van der Waals surface area contributed by atoms with E-state index in [0.717, 1.165) is 50.5 Å². The average Bonchev–Trinajstić information content (AvgIpc) is 3.37. The number of nitrogens with one attached hydrogen (secondary N) is 3. The van der Waals surface area contributed by atoms with Gasteiger partial charge in [0.15, 0.2) is 0 Å². The van der Waals surface area contributed by atoms with Crippen molar-refractivity contribution in [3.8, 4) is 0 Å². The molecule has 0 bridgehead atoms. The van der Waals surface area contributed by atoms with Crippen molar-refractivity contribution < 1.29 is 24.2 Å². The van der Waals surface area contributed by atoms with E-state index >= 15 is 0 Å². The van der Waals surface area contributed by atoms with Crippen LogP contribution in [0.3, 0.4) is 0 Å². The molecular weight excluding hydrogens is 447 g/mol. The zero-order valence-electron chi connectivity index (χ0n) is 20.8. The summed E-state index contributed by atoms with van der Waals surface area (Å²) in [6.45, 7) is 2.97. The fraction of sp³-hybridized carbons (Fsp3) is 0.600. The highest BCUT2D eigenvalue weighted by Gasteiger charge is 2.36. The number of hydrogen-bond acceptors (Lipinski definition) is 5. The van der Waals surface area contributed by atoms with Crippen molar-refractivity contribution in [1.82, 2.24) is 20.9 Å². The minimum atomic E-state index is -0.525. The molecule has 1 aromatic carbocycles. The molecule has 10 heteroatoms. The Morgan fingerprint density at radius 3 is 2.77 bits per heavy atom. The molecule has 1 unspecified atom stereocenters. The van der Waals surface area contributed by atoms with Crippen molar-refractivity contribution in [2.75, 3.05) is 19.6 Å². The summed E-state index contributed by atoms with van der Waals surface area (Å²) in [5.74, 6) is -0.763. The molecule has 0 spiro atoms. The molecule has 1 saturated heterocycles. The van der Waals surface area contributed by atoms with E-state index in [4.69, 9.17) is 0 Å². The van der Waals surface area contributed by atoms with Crippen molar-refractivity contribution >= 4 is 31.0 Å². The van der Waals surface area contributed by atoms with Crippen LogP contribution in [0.2, 0.25) is 6.32 Å². The zero-order valence-corrected chi connectivity index (χ0v) is 20.8. The summed E-state index contributed by atoms with van der Waals surface area (Å²) in [7, 11) is 0. The maximum atomic E-state index is 12.7. The third-order valence-corrected chi connectivity index (χ3v) is 6.30. The van der Waals surface area contributed by atoms with Gasteiger partial charge in [-0.3, -0.25) is 19.2 Å². The number of carbonyl (C=O) groups is 4. The summed E-state index contributed by atoms with van der Waals surface area (Å²) >= 11 is 0. The zero-order chi connectivity index (χ0) is 25.5. The van der Waals surface area contributed by atoms with Gasteiger partial charge in [0, 0.05) is 37.6 Å². The third-order valence-electron chi connectivity index (χ3n) is 6.30. The number of nitrogens with zero attached hydrogens (tertiary/aromatic N) is 1. The quantitative estimate of drug-likeness (QED) is 0.161. The summed E-state index contributed by atoms with van der Waals surface area (Å²) in [5.41, 5.74) is 1.22. The molecule has 0 aromatic heterocycles. The average molecular weight is 486 g/mol. The predicted molar refractivity (Wildman–Crippen MR) is 136 cm³/mol. The van der Waals surface area contributed by atoms with Crippen molar-refractivity contribution in [2.45, 2.75) is 77.1 Å². The van der Waals surface area contributed by atoms with Crippen LogP contribution < -0.4 is 16.0 Å². The minimum absolute atomic E-state index is 0.0601. The molecule has 1 aliphatic rings. The van der Waals surface area contributed by atoms with Gasteiger partial charge in [0.1, 0.15) is 0 Å². The molecule has 35 heavy (non-hydrogen) atoms. The number of unbranched alkanes of at least 4 members (excludes halogenated alkanes) is 3. The lowest BCUT2D eigenvalue weighted by Crippen LogP contribution is -2.48. The van der Waals surface area contributed by atoms with Gasteiger partial charge in [-0.05, 0) is 49.7 Å². The smallest absolute Gasteiger partial charge is 0.312 e. The molecule has 0 radical (unpaired) electrons. The Labute approximate surface area is 208 Å². The number of amides is 4. The molecule has 0 aliphatic carbocycles. The van der Waals surface area contributed by atoms with Crippen LogP contribution in [0.15, 0.2) is 24.3 Å². The highest BCUT2D eigenvalue weighted by atomic mass is 16.2. The number of carbonyl (C=O) groups excluding carboxylic acids is 4. The van der Waals surface area contributed by atoms with Gasteiger partial charge in [-0.1, -0.05) is 38.3 Å². The SMILES string of the molecule is CCCCB(O)C1CCCN1C(=O)CNC(=O)c1cccc(CNC(=O)CCCCCNC=O)c1. The first-order chi connectivity index (χ1) is 17.0. The second-order valence-electron chi connectivity index (χ2n) is 9.05. The Morgan fingerprint density at radius 1 is 1.17 bits per heavy atom. The lowest BCUT2D eigenvalue weighted by molar-refractivity contribution is -0.130. The molecule has 9 nitrogen and oxygen atoms in total. The first kappa shape index (κ1) is 28.4. The highest BCUT2D eigenvalue weighted by molar-refractivity contribution is 6.52. The van der Waals surface area contributed by atoms with Gasteiger partial charge in [0.05, 0.1) is 6.54 Å². The van der Waals surface area contributed by atoms with E-state index in [1.165, 1.54) is 0 Å². The second-order valence-corrected chi connectivity index (χ2v) is 9.05. The Balaban J connectivity index is 1.76. The molecule has 1 atom stereocenters. The van der Waals surface area contributed by atoms with E-state index < -0.39 is 6.92 Å². The lowest BCUT2D eigenvalue weighted by atomic mass is 9.56. The first-order valence-corrected chi connectivity index (χ1v) is 12.7. The Hall–Kier alpha value is -2.88. The minimum Gasteiger partial charge on any atom is -0.449 e. The van der Waals surface area contributed by atoms with E-state index in [1.807, 2.05) is 6.07 Å². The van der Waals surface area contributed by atoms with Crippen LogP contribution in [0.25, 0.3) is 0 Å².